The molecular formula is C37H42FN3O7S. The van der Waals surface area contributed by atoms with Gasteiger partial charge in [-0.25, -0.2) is 12.8 Å². The van der Waals surface area contributed by atoms with Crippen molar-refractivity contribution in [1.29, 1.82) is 0 Å². The molecule has 4 rings (SSSR count). The Morgan fingerprint density at radius 2 is 1.49 bits per heavy atom. The lowest BCUT2D eigenvalue weighted by molar-refractivity contribution is -0.140. The van der Waals surface area contributed by atoms with Crippen LogP contribution in [0, 0.1) is 5.82 Å². The van der Waals surface area contributed by atoms with Crippen molar-refractivity contribution < 1.29 is 36.6 Å². The zero-order valence-electron chi connectivity index (χ0n) is 28.3. The highest BCUT2D eigenvalue weighted by Gasteiger charge is 2.35. The topological polar surface area (TPSA) is 114 Å². The molecule has 12 heteroatoms. The Morgan fingerprint density at radius 1 is 0.816 bits per heavy atom. The third-order valence-corrected chi connectivity index (χ3v) is 9.87. The van der Waals surface area contributed by atoms with Crippen LogP contribution in [0.5, 0.6) is 17.2 Å². The predicted molar refractivity (Wildman–Crippen MR) is 186 cm³/mol. The molecule has 0 aliphatic carbocycles. The Kier molecular flexibility index (Phi) is 12.6. The van der Waals surface area contributed by atoms with Gasteiger partial charge in [-0.15, -0.1) is 0 Å². The van der Waals surface area contributed by atoms with Gasteiger partial charge in [-0.1, -0.05) is 49.4 Å². The molecule has 0 bridgehead atoms. The van der Waals surface area contributed by atoms with Crippen molar-refractivity contribution in [2.45, 2.75) is 50.2 Å². The van der Waals surface area contributed by atoms with Gasteiger partial charge < -0.3 is 24.4 Å². The number of amides is 2. The number of rotatable bonds is 16. The van der Waals surface area contributed by atoms with Crippen molar-refractivity contribution in [2.24, 2.45) is 0 Å². The molecule has 0 heterocycles. The SMILES string of the molecule is CC[C@@H](C)NC(=O)[C@H](Cc1ccccc1)N(Cc1cccc(OC)c1)C(=O)CN(c1ccc(F)cc1)S(=O)(=O)c1ccc(OC)c(OC)c1. The zero-order valence-corrected chi connectivity index (χ0v) is 29.1. The second kappa shape index (κ2) is 16.8. The molecular weight excluding hydrogens is 649 g/mol. The fourth-order valence-corrected chi connectivity index (χ4v) is 6.63. The Bertz CT molecular complexity index is 1820. The number of hydrogen-bond donors (Lipinski definition) is 1. The molecule has 0 saturated carbocycles. The quantitative estimate of drug-likeness (QED) is 0.163. The fraction of sp³-hybridized carbons (Fsp3) is 0.297. The standard InChI is InChI=1S/C37H42FN3O7S/c1-6-26(2)39-37(43)33(22-27-11-8-7-9-12-27)40(24-28-13-10-14-31(21-28)46-3)36(42)25-41(30-17-15-29(38)16-18-30)49(44,45)32-19-20-34(47-4)35(23-32)48-5/h7-21,23,26,33H,6,22,24-25H2,1-5H3,(H,39,43)/t26-,33+/m1/s1. The first-order chi connectivity index (χ1) is 23.5. The van der Waals surface area contributed by atoms with E-state index in [1.165, 1.54) is 56.6 Å². The smallest absolute Gasteiger partial charge is 0.264 e. The first-order valence-electron chi connectivity index (χ1n) is 15.8. The summed E-state index contributed by atoms with van der Waals surface area (Å²) in [6.45, 7) is 3.08. The van der Waals surface area contributed by atoms with E-state index in [1.807, 2.05) is 44.2 Å². The predicted octanol–water partition coefficient (Wildman–Crippen LogP) is 5.60. The van der Waals surface area contributed by atoms with Gasteiger partial charge in [0, 0.05) is 25.1 Å². The van der Waals surface area contributed by atoms with E-state index in [2.05, 4.69) is 5.32 Å². The lowest BCUT2D eigenvalue weighted by Crippen LogP contribution is -2.54. The van der Waals surface area contributed by atoms with E-state index in [4.69, 9.17) is 14.2 Å². The maximum atomic E-state index is 14.6. The van der Waals surface area contributed by atoms with E-state index in [0.29, 0.717) is 23.5 Å². The number of anilines is 1. The van der Waals surface area contributed by atoms with Crippen LogP contribution in [0.2, 0.25) is 0 Å². The van der Waals surface area contributed by atoms with Crippen molar-refractivity contribution in [2.75, 3.05) is 32.2 Å². The number of nitrogens with zero attached hydrogens (tertiary/aromatic N) is 2. The Hall–Kier alpha value is -5.10. The van der Waals surface area contributed by atoms with E-state index >= 15 is 0 Å². The van der Waals surface area contributed by atoms with Crippen molar-refractivity contribution in [3.8, 4) is 17.2 Å². The van der Waals surface area contributed by atoms with Crippen LogP contribution in [-0.2, 0) is 32.6 Å². The van der Waals surface area contributed by atoms with Crippen LogP contribution in [0.25, 0.3) is 0 Å². The summed E-state index contributed by atoms with van der Waals surface area (Å²) in [4.78, 5) is 29.8. The van der Waals surface area contributed by atoms with Gasteiger partial charge in [-0.3, -0.25) is 13.9 Å². The molecule has 0 saturated heterocycles. The molecule has 0 fully saturated rings. The van der Waals surface area contributed by atoms with Crippen LogP contribution >= 0.6 is 0 Å². The molecule has 0 aliphatic rings. The number of carbonyl (C=O) groups is 2. The highest BCUT2D eigenvalue weighted by molar-refractivity contribution is 7.92. The number of sulfonamides is 1. The molecule has 1 N–H and O–H groups in total. The molecule has 4 aromatic carbocycles. The molecule has 2 amide bonds. The molecule has 0 aromatic heterocycles. The molecule has 0 aliphatic heterocycles. The van der Waals surface area contributed by atoms with Gasteiger partial charge >= 0.3 is 0 Å². The summed E-state index contributed by atoms with van der Waals surface area (Å²) in [7, 11) is -0.125. The monoisotopic (exact) mass is 691 g/mol. The molecule has 10 nitrogen and oxygen atoms in total. The van der Waals surface area contributed by atoms with Crippen LogP contribution < -0.4 is 23.8 Å². The average molecular weight is 692 g/mol. The lowest BCUT2D eigenvalue weighted by atomic mass is 10.0. The van der Waals surface area contributed by atoms with E-state index < -0.39 is 34.3 Å². The Morgan fingerprint density at radius 3 is 2.12 bits per heavy atom. The van der Waals surface area contributed by atoms with Gasteiger partial charge in [-0.2, -0.15) is 0 Å². The second-order valence-corrected chi connectivity index (χ2v) is 13.3. The summed E-state index contributed by atoms with van der Waals surface area (Å²) in [6, 6.07) is 24.0. The Labute approximate surface area is 287 Å². The largest absolute Gasteiger partial charge is 0.497 e. The van der Waals surface area contributed by atoms with Gasteiger partial charge in [-0.05, 0) is 73.0 Å². The first kappa shape index (κ1) is 36.7. The van der Waals surface area contributed by atoms with Gasteiger partial charge in [0.05, 0.1) is 31.9 Å². The summed E-state index contributed by atoms with van der Waals surface area (Å²) >= 11 is 0. The molecule has 0 radical (unpaired) electrons. The van der Waals surface area contributed by atoms with Gasteiger partial charge in [0.25, 0.3) is 10.0 Å². The van der Waals surface area contributed by atoms with E-state index in [9.17, 15) is 22.4 Å². The van der Waals surface area contributed by atoms with Crippen molar-refractivity contribution in [1.82, 2.24) is 10.2 Å². The summed E-state index contributed by atoms with van der Waals surface area (Å²) in [5.41, 5.74) is 1.52. The minimum atomic E-state index is -4.46. The number of benzene rings is 4. The highest BCUT2D eigenvalue weighted by Crippen LogP contribution is 2.32. The number of hydrogen-bond acceptors (Lipinski definition) is 7. The van der Waals surface area contributed by atoms with E-state index in [0.717, 1.165) is 22.0 Å². The van der Waals surface area contributed by atoms with Crippen LogP contribution in [0.3, 0.4) is 0 Å². The number of carbonyl (C=O) groups excluding carboxylic acids is 2. The maximum Gasteiger partial charge on any atom is 0.264 e. The van der Waals surface area contributed by atoms with Crippen LogP contribution in [0.15, 0.2) is 102 Å². The van der Waals surface area contributed by atoms with E-state index in [1.54, 1.807) is 24.3 Å². The summed E-state index contributed by atoms with van der Waals surface area (Å²) in [5.74, 6) is -0.591. The third-order valence-electron chi connectivity index (χ3n) is 8.10. The van der Waals surface area contributed by atoms with Gasteiger partial charge in [0.15, 0.2) is 11.5 Å². The maximum absolute atomic E-state index is 14.6. The average Bonchev–Trinajstić information content (AvgIpc) is 3.12. The third kappa shape index (κ3) is 9.29. The number of halogens is 1. The van der Waals surface area contributed by atoms with Crippen molar-refractivity contribution >= 4 is 27.5 Å². The minimum absolute atomic E-state index is 0.0326. The van der Waals surface area contributed by atoms with Crippen molar-refractivity contribution in [3.05, 3.63) is 114 Å². The van der Waals surface area contributed by atoms with Crippen molar-refractivity contribution in [3.63, 3.8) is 0 Å². The van der Waals surface area contributed by atoms with Crippen LogP contribution in [0.1, 0.15) is 31.4 Å². The molecule has 0 unspecified atom stereocenters. The summed E-state index contributed by atoms with van der Waals surface area (Å²) in [6.07, 6.45) is 0.827. The number of nitrogens with one attached hydrogen (secondary N) is 1. The molecule has 0 spiro atoms. The van der Waals surface area contributed by atoms with Crippen LogP contribution in [0.4, 0.5) is 10.1 Å². The fourth-order valence-electron chi connectivity index (χ4n) is 5.20. The molecule has 260 valence electrons. The van der Waals surface area contributed by atoms with Gasteiger partial charge in [0.1, 0.15) is 24.2 Å². The van der Waals surface area contributed by atoms with E-state index in [-0.39, 0.29) is 41.2 Å². The first-order valence-corrected chi connectivity index (χ1v) is 17.2. The second-order valence-electron chi connectivity index (χ2n) is 11.4. The Balaban J connectivity index is 1.84. The van der Waals surface area contributed by atoms with Gasteiger partial charge in [0.2, 0.25) is 11.8 Å². The minimum Gasteiger partial charge on any atom is -0.497 e. The zero-order chi connectivity index (χ0) is 35.6. The normalized spacial score (nSPS) is 12.4. The highest BCUT2D eigenvalue weighted by atomic mass is 32.2. The molecule has 49 heavy (non-hydrogen) atoms. The molecule has 2 atom stereocenters. The number of methoxy groups -OCH3 is 3. The summed E-state index contributed by atoms with van der Waals surface area (Å²) in [5, 5.41) is 3.01. The summed E-state index contributed by atoms with van der Waals surface area (Å²) < 4.78 is 59.7. The lowest BCUT2D eigenvalue weighted by Gasteiger charge is -2.34. The molecule has 4 aromatic rings. The number of ether oxygens (including phenoxy) is 3. The van der Waals surface area contributed by atoms with Crippen LogP contribution in [-0.4, -0.2) is 65.1 Å².